The number of nitrogens with zero attached hydrogens (tertiary/aromatic N) is 1. The highest BCUT2D eigenvalue weighted by atomic mass is 16.5. The second-order valence-corrected chi connectivity index (χ2v) is 4.85. The number of rotatable bonds is 4. The Morgan fingerprint density at radius 1 is 1.45 bits per heavy atom. The Bertz CT molecular complexity index is 433. The highest BCUT2D eigenvalue weighted by Gasteiger charge is 2.22. The predicted octanol–water partition coefficient (Wildman–Crippen LogP) is 2.02. The van der Waals surface area contributed by atoms with E-state index in [0.717, 1.165) is 17.7 Å². The van der Waals surface area contributed by atoms with E-state index in [1.54, 1.807) is 7.11 Å². The summed E-state index contributed by atoms with van der Waals surface area (Å²) < 4.78 is 10.7. The molecule has 1 saturated heterocycles. The summed E-state index contributed by atoms with van der Waals surface area (Å²) in [5, 5.41) is 2.94. The molecule has 1 aliphatic rings. The Morgan fingerprint density at radius 3 is 2.85 bits per heavy atom. The molecule has 2 rings (SSSR count). The largest absolute Gasteiger partial charge is 0.497 e. The van der Waals surface area contributed by atoms with Gasteiger partial charge in [0, 0.05) is 19.6 Å². The molecule has 1 aromatic carbocycles. The van der Waals surface area contributed by atoms with Crippen LogP contribution in [0.4, 0.5) is 4.79 Å². The smallest absolute Gasteiger partial charge is 0.317 e. The van der Waals surface area contributed by atoms with Gasteiger partial charge in [-0.1, -0.05) is 19.1 Å². The van der Waals surface area contributed by atoms with E-state index in [1.807, 2.05) is 29.2 Å². The van der Waals surface area contributed by atoms with Crippen LogP contribution in [0.1, 0.15) is 18.9 Å². The molecule has 0 aromatic heterocycles. The lowest BCUT2D eigenvalue weighted by Gasteiger charge is -2.32. The van der Waals surface area contributed by atoms with Gasteiger partial charge in [0.2, 0.25) is 0 Å². The maximum absolute atomic E-state index is 12.1. The molecule has 5 nitrogen and oxygen atoms in total. The zero-order valence-corrected chi connectivity index (χ0v) is 12.1. The fourth-order valence-electron chi connectivity index (χ4n) is 2.18. The molecule has 0 saturated carbocycles. The number of hydrogen-bond acceptors (Lipinski definition) is 3. The van der Waals surface area contributed by atoms with E-state index in [2.05, 4.69) is 12.2 Å². The van der Waals surface area contributed by atoms with E-state index >= 15 is 0 Å². The number of morpholine rings is 1. The fraction of sp³-hybridized carbons (Fsp3) is 0.533. The first-order valence-electron chi connectivity index (χ1n) is 7.00. The summed E-state index contributed by atoms with van der Waals surface area (Å²) in [4.78, 5) is 13.9. The first-order chi connectivity index (χ1) is 9.72. The zero-order chi connectivity index (χ0) is 14.4. The molecule has 1 atom stereocenters. The molecule has 1 aliphatic heterocycles. The molecule has 5 heteroatoms. The van der Waals surface area contributed by atoms with Gasteiger partial charge < -0.3 is 19.7 Å². The summed E-state index contributed by atoms with van der Waals surface area (Å²) in [5.74, 6) is 0.819. The molecule has 0 aliphatic carbocycles. The molecule has 0 unspecified atom stereocenters. The molecule has 0 bridgehead atoms. The first kappa shape index (κ1) is 14.7. The van der Waals surface area contributed by atoms with E-state index in [9.17, 15) is 4.79 Å². The van der Waals surface area contributed by atoms with Gasteiger partial charge in [-0.2, -0.15) is 0 Å². The van der Waals surface area contributed by atoms with Crippen LogP contribution in [0.5, 0.6) is 5.75 Å². The standard InChI is InChI=1S/C15H22N2O3/c1-3-13-11-17(8-9-20-13)15(18)16-10-12-4-6-14(19-2)7-5-12/h4-7,13H,3,8-11H2,1-2H3,(H,16,18)/t13-/m1/s1. The van der Waals surface area contributed by atoms with E-state index in [1.165, 1.54) is 0 Å². The second-order valence-electron chi connectivity index (χ2n) is 4.85. The van der Waals surface area contributed by atoms with Crippen LogP contribution < -0.4 is 10.1 Å². The first-order valence-corrected chi connectivity index (χ1v) is 7.00. The molecule has 110 valence electrons. The van der Waals surface area contributed by atoms with Crippen molar-refractivity contribution < 1.29 is 14.3 Å². The second kappa shape index (κ2) is 7.14. The van der Waals surface area contributed by atoms with Crippen molar-refractivity contribution in [2.24, 2.45) is 0 Å². The Balaban J connectivity index is 1.81. The van der Waals surface area contributed by atoms with Crippen LogP contribution >= 0.6 is 0 Å². The van der Waals surface area contributed by atoms with Crippen molar-refractivity contribution in [1.82, 2.24) is 10.2 Å². The molecule has 1 aromatic rings. The molecule has 1 fully saturated rings. The molecular formula is C15H22N2O3. The lowest BCUT2D eigenvalue weighted by atomic mass is 10.2. The average molecular weight is 278 g/mol. The van der Waals surface area contributed by atoms with Gasteiger partial charge in [0.05, 0.1) is 19.8 Å². The van der Waals surface area contributed by atoms with Crippen LogP contribution in [0.25, 0.3) is 0 Å². The van der Waals surface area contributed by atoms with Crippen LogP contribution in [0.2, 0.25) is 0 Å². The number of carbonyl (C=O) groups is 1. The molecular weight excluding hydrogens is 256 g/mol. The number of methoxy groups -OCH3 is 1. The fourth-order valence-corrected chi connectivity index (χ4v) is 2.18. The van der Waals surface area contributed by atoms with Crippen LogP contribution in [0, 0.1) is 0 Å². The number of nitrogens with one attached hydrogen (secondary N) is 1. The topological polar surface area (TPSA) is 50.8 Å². The molecule has 2 amide bonds. The maximum Gasteiger partial charge on any atom is 0.317 e. The number of carbonyl (C=O) groups excluding carboxylic acids is 1. The van der Waals surface area contributed by atoms with Crippen LogP contribution in [-0.4, -0.2) is 43.8 Å². The minimum absolute atomic E-state index is 0.0254. The molecule has 0 spiro atoms. The zero-order valence-electron chi connectivity index (χ0n) is 12.1. The van der Waals surface area contributed by atoms with E-state index in [4.69, 9.17) is 9.47 Å². The van der Waals surface area contributed by atoms with Crippen molar-refractivity contribution in [3.63, 3.8) is 0 Å². The van der Waals surface area contributed by atoms with Gasteiger partial charge in [-0.05, 0) is 24.1 Å². The SMILES string of the molecule is CC[C@@H]1CN(C(=O)NCc2ccc(OC)cc2)CCO1. The van der Waals surface area contributed by atoms with E-state index < -0.39 is 0 Å². The molecule has 0 radical (unpaired) electrons. The van der Waals surface area contributed by atoms with Gasteiger partial charge in [-0.25, -0.2) is 4.79 Å². The summed E-state index contributed by atoms with van der Waals surface area (Å²) in [6.45, 7) is 4.55. The number of ether oxygens (including phenoxy) is 2. The molecule has 1 heterocycles. The molecule has 1 N–H and O–H groups in total. The van der Waals surface area contributed by atoms with Crippen molar-refractivity contribution in [1.29, 1.82) is 0 Å². The number of amides is 2. The van der Waals surface area contributed by atoms with Gasteiger partial charge in [0.1, 0.15) is 5.75 Å². The van der Waals surface area contributed by atoms with E-state index in [-0.39, 0.29) is 12.1 Å². The van der Waals surface area contributed by atoms with Crippen molar-refractivity contribution in [2.75, 3.05) is 26.8 Å². The van der Waals surface area contributed by atoms with Gasteiger partial charge in [0.15, 0.2) is 0 Å². The van der Waals surface area contributed by atoms with Gasteiger partial charge in [0.25, 0.3) is 0 Å². The quantitative estimate of drug-likeness (QED) is 0.916. The number of hydrogen-bond donors (Lipinski definition) is 1. The lowest BCUT2D eigenvalue weighted by molar-refractivity contribution is -0.0154. The van der Waals surface area contributed by atoms with Crippen molar-refractivity contribution in [3.8, 4) is 5.75 Å². The highest BCUT2D eigenvalue weighted by molar-refractivity contribution is 5.74. The third-order valence-corrected chi connectivity index (χ3v) is 3.48. The van der Waals surface area contributed by atoms with Gasteiger partial charge in [-0.3, -0.25) is 0 Å². The third kappa shape index (κ3) is 3.87. The van der Waals surface area contributed by atoms with E-state index in [0.29, 0.717) is 26.2 Å². The van der Waals surface area contributed by atoms with Crippen LogP contribution in [0.3, 0.4) is 0 Å². The van der Waals surface area contributed by atoms with Gasteiger partial charge >= 0.3 is 6.03 Å². The minimum Gasteiger partial charge on any atom is -0.497 e. The van der Waals surface area contributed by atoms with Gasteiger partial charge in [-0.15, -0.1) is 0 Å². The molecule has 20 heavy (non-hydrogen) atoms. The van der Waals surface area contributed by atoms with Crippen LogP contribution in [-0.2, 0) is 11.3 Å². The third-order valence-electron chi connectivity index (χ3n) is 3.48. The Morgan fingerprint density at radius 2 is 2.20 bits per heavy atom. The maximum atomic E-state index is 12.1. The predicted molar refractivity (Wildman–Crippen MR) is 76.8 cm³/mol. The van der Waals surface area contributed by atoms with Crippen molar-refractivity contribution in [2.45, 2.75) is 26.0 Å². The average Bonchev–Trinajstić information content (AvgIpc) is 2.53. The summed E-state index contributed by atoms with van der Waals surface area (Å²) in [5.41, 5.74) is 1.06. The summed E-state index contributed by atoms with van der Waals surface area (Å²) in [6.07, 6.45) is 1.10. The van der Waals surface area contributed by atoms with Crippen LogP contribution in [0.15, 0.2) is 24.3 Å². The summed E-state index contributed by atoms with van der Waals surface area (Å²) in [7, 11) is 1.64. The van der Waals surface area contributed by atoms with Crippen molar-refractivity contribution >= 4 is 6.03 Å². The Labute approximate surface area is 119 Å². The lowest BCUT2D eigenvalue weighted by Crippen LogP contribution is -2.49. The van der Waals surface area contributed by atoms with Crippen molar-refractivity contribution in [3.05, 3.63) is 29.8 Å². The normalized spacial score (nSPS) is 18.7. The Hall–Kier alpha value is -1.75. The number of benzene rings is 1. The Kier molecular flexibility index (Phi) is 5.24. The minimum atomic E-state index is -0.0254. The monoisotopic (exact) mass is 278 g/mol. The highest BCUT2D eigenvalue weighted by Crippen LogP contribution is 2.12. The number of urea groups is 1. The summed E-state index contributed by atoms with van der Waals surface area (Å²) in [6, 6.07) is 7.66. The summed E-state index contributed by atoms with van der Waals surface area (Å²) >= 11 is 0.